The first kappa shape index (κ1) is 12.2. The van der Waals surface area contributed by atoms with Crippen molar-refractivity contribution in [3.63, 3.8) is 0 Å². The van der Waals surface area contributed by atoms with E-state index < -0.39 is 10.0 Å². The quantitative estimate of drug-likeness (QED) is 0.808. The zero-order valence-electron chi connectivity index (χ0n) is 9.40. The average Bonchev–Trinajstić information content (AvgIpc) is 2.39. The van der Waals surface area contributed by atoms with Gasteiger partial charge < -0.3 is 5.32 Å². The third-order valence-electron chi connectivity index (χ3n) is 2.00. The molecule has 2 N–H and O–H groups in total. The van der Waals surface area contributed by atoms with E-state index in [0.29, 0.717) is 5.69 Å². The topological polar surface area (TPSA) is 110 Å². The van der Waals surface area contributed by atoms with Gasteiger partial charge in [-0.3, -0.25) is 0 Å². The van der Waals surface area contributed by atoms with E-state index in [0.717, 1.165) is 0 Å². The Labute approximate surface area is 104 Å². The van der Waals surface area contributed by atoms with Crippen LogP contribution in [0.5, 0.6) is 0 Å². The number of nitrogens with one attached hydrogen (secondary N) is 2. The number of nitrogens with zero attached hydrogens (tertiary/aromatic N) is 4. The molecular weight excluding hydrogens is 256 g/mol. The van der Waals surface area contributed by atoms with Crippen LogP contribution in [0.15, 0.2) is 35.7 Å². The zero-order chi connectivity index (χ0) is 13.0. The van der Waals surface area contributed by atoms with Crippen molar-refractivity contribution in [2.24, 2.45) is 0 Å². The molecule has 0 aromatic carbocycles. The van der Waals surface area contributed by atoms with Crippen molar-refractivity contribution >= 4 is 21.7 Å². The molecule has 2 aromatic rings. The molecule has 2 heterocycles. The van der Waals surface area contributed by atoms with Crippen LogP contribution in [-0.2, 0) is 10.0 Å². The number of hydrogen-bond donors (Lipinski definition) is 2. The van der Waals surface area contributed by atoms with Gasteiger partial charge in [0.25, 0.3) is 16.0 Å². The summed E-state index contributed by atoms with van der Waals surface area (Å²) in [6.07, 6.45) is 4.07. The summed E-state index contributed by atoms with van der Waals surface area (Å²) < 4.78 is 26.3. The first-order chi connectivity index (χ1) is 8.63. The van der Waals surface area contributed by atoms with E-state index in [4.69, 9.17) is 0 Å². The summed E-state index contributed by atoms with van der Waals surface area (Å²) >= 11 is 0. The van der Waals surface area contributed by atoms with Gasteiger partial charge in [0.05, 0.1) is 18.1 Å². The van der Waals surface area contributed by atoms with Crippen LogP contribution in [0, 0.1) is 0 Å². The molecule has 0 radical (unpaired) electrons. The summed E-state index contributed by atoms with van der Waals surface area (Å²) in [4.78, 5) is 7.56. The van der Waals surface area contributed by atoms with Crippen molar-refractivity contribution in [1.82, 2.24) is 20.2 Å². The van der Waals surface area contributed by atoms with Gasteiger partial charge >= 0.3 is 0 Å². The number of sulfonamides is 1. The molecule has 0 amide bonds. The van der Waals surface area contributed by atoms with E-state index in [1.165, 1.54) is 18.6 Å². The standard InChI is InChI=1S/C9H10N6O2S/c1-10-7-3-2-4-11-8(7)18(16,17)15-9-12-5-6-13-14-9/h2-6,10H,1H3,(H,12,14,15). The van der Waals surface area contributed by atoms with Crippen LogP contribution in [0.4, 0.5) is 11.6 Å². The number of rotatable bonds is 4. The predicted octanol–water partition coefficient (Wildman–Crippen LogP) is 0.109. The van der Waals surface area contributed by atoms with Gasteiger partial charge in [-0.15, -0.1) is 5.10 Å². The van der Waals surface area contributed by atoms with Crippen molar-refractivity contribution in [2.45, 2.75) is 5.03 Å². The Morgan fingerprint density at radius 3 is 2.67 bits per heavy atom. The highest BCUT2D eigenvalue weighted by Gasteiger charge is 2.20. The lowest BCUT2D eigenvalue weighted by Crippen LogP contribution is -2.18. The van der Waals surface area contributed by atoms with Gasteiger partial charge in [-0.1, -0.05) is 0 Å². The Hall–Kier alpha value is -2.29. The van der Waals surface area contributed by atoms with E-state index in [1.54, 1.807) is 19.2 Å². The fourth-order valence-electron chi connectivity index (χ4n) is 1.26. The van der Waals surface area contributed by atoms with Crippen molar-refractivity contribution in [2.75, 3.05) is 17.1 Å². The highest BCUT2D eigenvalue weighted by Crippen LogP contribution is 2.18. The molecule has 0 aliphatic carbocycles. The van der Waals surface area contributed by atoms with Gasteiger partial charge in [0.2, 0.25) is 0 Å². The molecule has 0 aliphatic heterocycles. The Morgan fingerprint density at radius 2 is 2.00 bits per heavy atom. The van der Waals surface area contributed by atoms with Crippen LogP contribution >= 0.6 is 0 Å². The molecule has 0 saturated heterocycles. The first-order valence-corrected chi connectivity index (χ1v) is 6.41. The molecule has 0 fully saturated rings. The third kappa shape index (κ3) is 2.51. The van der Waals surface area contributed by atoms with Crippen molar-refractivity contribution < 1.29 is 8.42 Å². The predicted molar refractivity (Wildman–Crippen MR) is 64.4 cm³/mol. The van der Waals surface area contributed by atoms with Gasteiger partial charge in [-0.2, -0.15) is 13.5 Å². The Bertz CT molecular complexity index is 631. The number of hydrogen-bond acceptors (Lipinski definition) is 7. The van der Waals surface area contributed by atoms with E-state index >= 15 is 0 Å². The molecule has 0 bridgehead atoms. The third-order valence-corrected chi connectivity index (χ3v) is 3.29. The minimum absolute atomic E-state index is 0.106. The second-order valence-electron chi connectivity index (χ2n) is 3.18. The SMILES string of the molecule is CNc1cccnc1S(=O)(=O)Nc1nccnn1. The van der Waals surface area contributed by atoms with E-state index in [-0.39, 0.29) is 11.0 Å². The fraction of sp³-hybridized carbons (Fsp3) is 0.111. The monoisotopic (exact) mass is 266 g/mol. The van der Waals surface area contributed by atoms with Gasteiger partial charge in [0.1, 0.15) is 0 Å². The number of pyridine rings is 1. The van der Waals surface area contributed by atoms with Crippen molar-refractivity contribution in [3.05, 3.63) is 30.7 Å². The maximum absolute atomic E-state index is 12.1. The van der Waals surface area contributed by atoms with Crippen molar-refractivity contribution in [3.8, 4) is 0 Å². The second-order valence-corrected chi connectivity index (χ2v) is 4.78. The lowest BCUT2D eigenvalue weighted by atomic mass is 10.4. The largest absolute Gasteiger partial charge is 0.386 e. The second kappa shape index (κ2) is 4.92. The molecule has 2 aromatic heterocycles. The van der Waals surface area contributed by atoms with E-state index in [2.05, 4.69) is 30.2 Å². The smallest absolute Gasteiger partial charge is 0.283 e. The van der Waals surface area contributed by atoms with Crippen LogP contribution in [0.3, 0.4) is 0 Å². The minimum Gasteiger partial charge on any atom is -0.386 e. The average molecular weight is 266 g/mol. The molecular formula is C9H10N6O2S. The highest BCUT2D eigenvalue weighted by atomic mass is 32.2. The maximum Gasteiger partial charge on any atom is 0.283 e. The van der Waals surface area contributed by atoms with Gasteiger partial charge in [0.15, 0.2) is 5.03 Å². The molecule has 0 aliphatic rings. The first-order valence-electron chi connectivity index (χ1n) is 4.93. The normalized spacial score (nSPS) is 10.9. The maximum atomic E-state index is 12.1. The fourth-order valence-corrected chi connectivity index (χ4v) is 2.35. The summed E-state index contributed by atoms with van der Waals surface area (Å²) in [6, 6.07) is 3.23. The zero-order valence-corrected chi connectivity index (χ0v) is 10.2. The van der Waals surface area contributed by atoms with Crippen LogP contribution in [0.1, 0.15) is 0 Å². The molecule has 18 heavy (non-hydrogen) atoms. The summed E-state index contributed by atoms with van der Waals surface area (Å²) in [5, 5.41) is 9.70. The molecule has 0 unspecified atom stereocenters. The van der Waals surface area contributed by atoms with Gasteiger partial charge in [0, 0.05) is 13.2 Å². The van der Waals surface area contributed by atoms with Gasteiger partial charge in [-0.25, -0.2) is 14.7 Å². The lowest BCUT2D eigenvalue weighted by molar-refractivity contribution is 0.597. The summed E-state index contributed by atoms with van der Waals surface area (Å²) in [6.45, 7) is 0. The Morgan fingerprint density at radius 1 is 1.17 bits per heavy atom. The number of anilines is 2. The lowest BCUT2D eigenvalue weighted by Gasteiger charge is -2.08. The molecule has 0 saturated carbocycles. The van der Waals surface area contributed by atoms with E-state index in [9.17, 15) is 8.42 Å². The molecule has 2 rings (SSSR count). The molecule has 8 nitrogen and oxygen atoms in total. The summed E-state index contributed by atoms with van der Waals surface area (Å²) in [5.41, 5.74) is 0.383. The molecule has 94 valence electrons. The van der Waals surface area contributed by atoms with Crippen molar-refractivity contribution in [1.29, 1.82) is 0 Å². The van der Waals surface area contributed by atoms with Crippen LogP contribution in [0.25, 0.3) is 0 Å². The molecule has 0 atom stereocenters. The van der Waals surface area contributed by atoms with Crippen LogP contribution in [0.2, 0.25) is 0 Å². The van der Waals surface area contributed by atoms with Crippen LogP contribution < -0.4 is 10.0 Å². The summed E-state index contributed by atoms with van der Waals surface area (Å²) in [7, 11) is -2.24. The Kier molecular flexibility index (Phi) is 3.33. The van der Waals surface area contributed by atoms with Crippen LogP contribution in [-0.4, -0.2) is 35.6 Å². The van der Waals surface area contributed by atoms with Gasteiger partial charge in [-0.05, 0) is 12.1 Å². The summed E-state index contributed by atoms with van der Waals surface area (Å²) in [5.74, 6) is -0.106. The Balaban J connectivity index is 2.37. The molecule has 0 spiro atoms. The molecule has 9 heteroatoms. The minimum atomic E-state index is -3.84. The highest BCUT2D eigenvalue weighted by molar-refractivity contribution is 7.92. The number of aromatic nitrogens is 4. The van der Waals surface area contributed by atoms with E-state index in [1.807, 2.05) is 0 Å².